The van der Waals surface area contributed by atoms with Crippen molar-refractivity contribution in [2.45, 2.75) is 32.3 Å². The first-order valence-electron chi connectivity index (χ1n) is 10.1. The third-order valence-corrected chi connectivity index (χ3v) is 5.43. The standard InChI is InChI=1S/C23H21N3O6/c1-13(22(27)25-19-12-14(26(29)30)10-11-20(19)31-2)32-23(28)21-15-6-3-4-8-17(15)24-18-9-5-7-16(18)21/h3-4,6,8,10-13H,5,7,9H2,1-2H3,(H,25,27)/t13-/m0/s1. The SMILES string of the molecule is COc1ccc([N+](=O)[O-])cc1NC(=O)[C@H](C)OC(=O)c1c2c(nc3ccccc13)CCC2. The van der Waals surface area contributed by atoms with Crippen LogP contribution in [0, 0.1) is 10.1 Å². The van der Waals surface area contributed by atoms with Gasteiger partial charge in [0.1, 0.15) is 5.75 Å². The first kappa shape index (κ1) is 21.2. The fourth-order valence-electron chi connectivity index (χ4n) is 3.86. The van der Waals surface area contributed by atoms with Crippen LogP contribution in [0.3, 0.4) is 0 Å². The van der Waals surface area contributed by atoms with Crippen molar-refractivity contribution in [3.63, 3.8) is 0 Å². The van der Waals surface area contributed by atoms with E-state index in [1.54, 1.807) is 0 Å². The fraction of sp³-hybridized carbons (Fsp3) is 0.261. The van der Waals surface area contributed by atoms with E-state index < -0.39 is 22.9 Å². The second kappa shape index (κ2) is 8.62. The molecule has 1 heterocycles. The Bertz CT molecular complexity index is 1240. The molecule has 1 aromatic heterocycles. The molecule has 0 bridgehead atoms. The number of esters is 1. The number of nitrogens with one attached hydrogen (secondary N) is 1. The van der Waals surface area contributed by atoms with Crippen LogP contribution < -0.4 is 10.1 Å². The number of anilines is 1. The Morgan fingerprint density at radius 1 is 1.19 bits per heavy atom. The lowest BCUT2D eigenvalue weighted by molar-refractivity contribution is -0.384. The van der Waals surface area contributed by atoms with Crippen LogP contribution in [0.4, 0.5) is 11.4 Å². The molecule has 2 aromatic carbocycles. The van der Waals surface area contributed by atoms with Gasteiger partial charge in [0.25, 0.3) is 11.6 Å². The fourth-order valence-corrected chi connectivity index (χ4v) is 3.86. The number of nitrogens with zero attached hydrogens (tertiary/aromatic N) is 2. The average molecular weight is 435 g/mol. The number of non-ortho nitro benzene ring substituents is 1. The summed E-state index contributed by atoms with van der Waals surface area (Å²) in [4.78, 5) is 40.9. The molecule has 1 N–H and O–H groups in total. The molecule has 0 saturated heterocycles. The minimum atomic E-state index is -1.14. The Labute approximate surface area is 183 Å². The van der Waals surface area contributed by atoms with Gasteiger partial charge in [-0.05, 0) is 43.9 Å². The maximum Gasteiger partial charge on any atom is 0.339 e. The molecule has 1 aliphatic rings. The molecule has 4 rings (SSSR count). The highest BCUT2D eigenvalue weighted by Gasteiger charge is 2.27. The number of hydrogen-bond donors (Lipinski definition) is 1. The zero-order valence-corrected chi connectivity index (χ0v) is 17.6. The number of amides is 1. The number of methoxy groups -OCH3 is 1. The second-order valence-corrected chi connectivity index (χ2v) is 7.46. The van der Waals surface area contributed by atoms with Crippen LogP contribution in [-0.2, 0) is 22.4 Å². The topological polar surface area (TPSA) is 121 Å². The number of pyridine rings is 1. The molecule has 1 amide bonds. The van der Waals surface area contributed by atoms with Gasteiger partial charge in [0, 0.05) is 23.2 Å². The summed E-state index contributed by atoms with van der Waals surface area (Å²) in [6.45, 7) is 1.45. The number of fused-ring (bicyclic) bond motifs is 2. The molecular formula is C23H21N3O6. The quantitative estimate of drug-likeness (QED) is 0.355. The summed E-state index contributed by atoms with van der Waals surface area (Å²) >= 11 is 0. The molecule has 3 aromatic rings. The zero-order valence-electron chi connectivity index (χ0n) is 17.6. The van der Waals surface area contributed by atoms with Crippen LogP contribution in [0.25, 0.3) is 10.9 Å². The van der Waals surface area contributed by atoms with E-state index in [0.29, 0.717) is 16.5 Å². The summed E-state index contributed by atoms with van der Waals surface area (Å²) in [5, 5.41) is 14.3. The molecule has 1 aliphatic carbocycles. The van der Waals surface area contributed by atoms with Gasteiger partial charge in [0.2, 0.25) is 0 Å². The van der Waals surface area contributed by atoms with Crippen molar-refractivity contribution in [2.24, 2.45) is 0 Å². The lowest BCUT2D eigenvalue weighted by Gasteiger charge is -2.17. The van der Waals surface area contributed by atoms with Gasteiger partial charge in [-0.15, -0.1) is 0 Å². The van der Waals surface area contributed by atoms with Crippen molar-refractivity contribution >= 4 is 34.2 Å². The lowest BCUT2D eigenvalue weighted by atomic mass is 10.0. The minimum Gasteiger partial charge on any atom is -0.495 e. The number of nitro groups is 1. The number of rotatable bonds is 6. The smallest absolute Gasteiger partial charge is 0.339 e. The number of para-hydroxylation sites is 1. The maximum atomic E-state index is 13.1. The van der Waals surface area contributed by atoms with E-state index in [2.05, 4.69) is 10.3 Å². The number of aryl methyl sites for hydroxylation is 1. The Hall–Kier alpha value is -4.01. The highest BCUT2D eigenvalue weighted by Crippen LogP contribution is 2.31. The number of nitro benzene ring substituents is 1. The average Bonchev–Trinajstić information content (AvgIpc) is 3.24. The molecule has 0 radical (unpaired) electrons. The van der Waals surface area contributed by atoms with E-state index in [4.69, 9.17) is 9.47 Å². The molecule has 164 valence electrons. The summed E-state index contributed by atoms with van der Waals surface area (Å²) in [6, 6.07) is 11.2. The molecule has 9 heteroatoms. The summed E-state index contributed by atoms with van der Waals surface area (Å²) in [6.07, 6.45) is 1.28. The summed E-state index contributed by atoms with van der Waals surface area (Å²) in [7, 11) is 1.38. The van der Waals surface area contributed by atoms with Crippen molar-refractivity contribution in [3.8, 4) is 5.75 Å². The van der Waals surface area contributed by atoms with E-state index in [-0.39, 0.29) is 17.1 Å². The van der Waals surface area contributed by atoms with Gasteiger partial charge in [-0.2, -0.15) is 0 Å². The predicted molar refractivity (Wildman–Crippen MR) is 117 cm³/mol. The van der Waals surface area contributed by atoms with E-state index in [1.165, 1.54) is 32.2 Å². The number of ether oxygens (including phenoxy) is 2. The van der Waals surface area contributed by atoms with Gasteiger partial charge >= 0.3 is 5.97 Å². The Balaban J connectivity index is 1.57. The van der Waals surface area contributed by atoms with Gasteiger partial charge in [0.05, 0.1) is 28.8 Å². The summed E-state index contributed by atoms with van der Waals surface area (Å²) in [5.74, 6) is -0.983. The second-order valence-electron chi connectivity index (χ2n) is 7.46. The molecule has 32 heavy (non-hydrogen) atoms. The lowest BCUT2D eigenvalue weighted by Crippen LogP contribution is -2.30. The molecule has 1 atom stereocenters. The van der Waals surface area contributed by atoms with Crippen molar-refractivity contribution in [1.82, 2.24) is 4.98 Å². The highest BCUT2D eigenvalue weighted by molar-refractivity contribution is 6.06. The molecule has 0 spiro atoms. The van der Waals surface area contributed by atoms with Crippen LogP contribution >= 0.6 is 0 Å². The molecule has 0 saturated carbocycles. The van der Waals surface area contributed by atoms with Crippen molar-refractivity contribution in [1.29, 1.82) is 0 Å². The van der Waals surface area contributed by atoms with E-state index in [9.17, 15) is 19.7 Å². The maximum absolute atomic E-state index is 13.1. The summed E-state index contributed by atoms with van der Waals surface area (Å²) < 4.78 is 10.7. The minimum absolute atomic E-state index is 0.116. The third-order valence-electron chi connectivity index (χ3n) is 5.43. The molecule has 9 nitrogen and oxygen atoms in total. The van der Waals surface area contributed by atoms with Crippen molar-refractivity contribution in [3.05, 3.63) is 69.4 Å². The Kier molecular flexibility index (Phi) is 5.72. The number of carbonyl (C=O) groups excluding carboxylic acids is 2. The van der Waals surface area contributed by atoms with Crippen LogP contribution in [0.5, 0.6) is 5.75 Å². The van der Waals surface area contributed by atoms with Crippen LogP contribution in [-0.4, -0.2) is 35.0 Å². The van der Waals surface area contributed by atoms with Crippen molar-refractivity contribution in [2.75, 3.05) is 12.4 Å². The predicted octanol–water partition coefficient (Wildman–Crippen LogP) is 3.82. The van der Waals surface area contributed by atoms with Gasteiger partial charge in [0.15, 0.2) is 6.10 Å². The highest BCUT2D eigenvalue weighted by atomic mass is 16.6. The molecular weight excluding hydrogens is 414 g/mol. The van der Waals surface area contributed by atoms with Gasteiger partial charge in [-0.3, -0.25) is 19.9 Å². The van der Waals surface area contributed by atoms with E-state index >= 15 is 0 Å². The van der Waals surface area contributed by atoms with Gasteiger partial charge in [-0.1, -0.05) is 18.2 Å². The number of aromatic nitrogens is 1. The van der Waals surface area contributed by atoms with Crippen molar-refractivity contribution < 1.29 is 24.0 Å². The first-order chi connectivity index (χ1) is 15.4. The summed E-state index contributed by atoms with van der Waals surface area (Å²) in [5.41, 5.74) is 2.80. The van der Waals surface area contributed by atoms with E-state index in [0.717, 1.165) is 30.5 Å². The molecule has 0 fully saturated rings. The van der Waals surface area contributed by atoms with Crippen LogP contribution in [0.1, 0.15) is 35.0 Å². The number of hydrogen-bond acceptors (Lipinski definition) is 7. The molecule has 0 aliphatic heterocycles. The van der Waals surface area contributed by atoms with Gasteiger partial charge < -0.3 is 14.8 Å². The third kappa shape index (κ3) is 3.96. The number of benzene rings is 2. The largest absolute Gasteiger partial charge is 0.495 e. The van der Waals surface area contributed by atoms with Crippen LogP contribution in [0.2, 0.25) is 0 Å². The monoisotopic (exact) mass is 435 g/mol. The Morgan fingerprint density at radius 3 is 2.72 bits per heavy atom. The van der Waals surface area contributed by atoms with Gasteiger partial charge in [-0.25, -0.2) is 4.79 Å². The Morgan fingerprint density at radius 2 is 1.97 bits per heavy atom. The zero-order chi connectivity index (χ0) is 22.8. The normalized spacial score (nSPS) is 13.3. The molecule has 0 unspecified atom stereocenters. The number of carbonyl (C=O) groups is 2. The van der Waals surface area contributed by atoms with E-state index in [1.807, 2.05) is 24.3 Å². The van der Waals surface area contributed by atoms with Crippen LogP contribution in [0.15, 0.2) is 42.5 Å². The first-order valence-corrected chi connectivity index (χ1v) is 10.1.